The molecule has 2 aromatic heterocycles. The maximum absolute atomic E-state index is 13.8. The minimum absolute atomic E-state index is 0.00298. The van der Waals surface area contributed by atoms with E-state index in [2.05, 4.69) is 25.8 Å². The molecule has 4 aromatic rings. The number of carbonyl (C=O) groups is 5. The van der Waals surface area contributed by atoms with Gasteiger partial charge in [0, 0.05) is 30.3 Å². The van der Waals surface area contributed by atoms with Gasteiger partial charge in [-0.3, -0.25) is 28.9 Å². The number of phenolic OH excluding ortho intramolecular Hbond substituents is 1. The molecule has 56 heavy (non-hydrogen) atoms. The Morgan fingerprint density at radius 3 is 2.34 bits per heavy atom. The first kappa shape index (κ1) is 40.1. The third kappa shape index (κ3) is 8.63. The van der Waals surface area contributed by atoms with Crippen LogP contribution in [0.4, 0.5) is 0 Å². The first-order valence-electron chi connectivity index (χ1n) is 17.0. The lowest BCUT2D eigenvalue weighted by atomic mass is 10.0. The molecule has 17 nitrogen and oxygen atoms in total. The van der Waals surface area contributed by atoms with Crippen molar-refractivity contribution in [1.29, 1.82) is 0 Å². The number of nitrogens with one attached hydrogen (secondary N) is 3. The zero-order chi connectivity index (χ0) is 40.1. The van der Waals surface area contributed by atoms with E-state index in [4.69, 9.17) is 0 Å². The molecule has 3 atom stereocenters. The molecule has 20 heteroatoms. The van der Waals surface area contributed by atoms with Crippen molar-refractivity contribution in [1.82, 2.24) is 35.6 Å². The van der Waals surface area contributed by atoms with Gasteiger partial charge in [-0.05, 0) is 47.9 Å². The molecule has 0 radical (unpaired) electrons. The van der Waals surface area contributed by atoms with Crippen molar-refractivity contribution in [2.45, 2.75) is 28.7 Å². The molecule has 6 rings (SSSR count). The van der Waals surface area contributed by atoms with Crippen LogP contribution in [-0.2, 0) is 14.4 Å². The molecule has 292 valence electrons. The molecule has 2 aliphatic heterocycles. The zero-order valence-electron chi connectivity index (χ0n) is 29.5. The quantitative estimate of drug-likeness (QED) is 0.0660. The summed E-state index contributed by atoms with van der Waals surface area (Å²) in [5.74, 6) is -4.07. The fourth-order valence-corrected chi connectivity index (χ4v) is 9.26. The molecular formula is C36H35N7O10S3. The number of carbonyl (C=O) groups excluding carboxylic acids is 4. The van der Waals surface area contributed by atoms with Crippen molar-refractivity contribution in [3.05, 3.63) is 104 Å². The number of rotatable bonds is 15. The number of aliphatic hydroxyl groups is 2. The van der Waals surface area contributed by atoms with Gasteiger partial charge in [-0.2, -0.15) is 0 Å². The maximum Gasteiger partial charge on any atom is 0.352 e. The van der Waals surface area contributed by atoms with Crippen molar-refractivity contribution in [2.75, 3.05) is 37.8 Å². The minimum Gasteiger partial charge on any atom is -0.508 e. The predicted molar refractivity (Wildman–Crippen MR) is 206 cm³/mol. The van der Waals surface area contributed by atoms with Crippen molar-refractivity contribution in [2.24, 2.45) is 0 Å². The van der Waals surface area contributed by atoms with E-state index in [1.807, 2.05) is 31.2 Å². The summed E-state index contributed by atoms with van der Waals surface area (Å²) >= 11 is 3.32. The molecule has 1 fully saturated rings. The number of aliphatic carboxylic acids is 1. The largest absolute Gasteiger partial charge is 0.508 e. The standard InChI is InChI=1S/C36H35N7O10S3/c1-18-2-4-19(5-3-18)24-11-10-23(28(47)37-24)29(48)38-25(20-6-8-22(46)9-7-20)30(49)39-26-32(50)43-27(35(52)53)21(16-54-34(26)43)17-55-36-41-40-31(56-36)33(51)42(12-14-44)13-15-45/h2-11,25-26,34,44-46H,12-17H2,1H3,(H,37,47)(H,38,48)(H,39,49)(H,52,53)/t25?,26?,34-/m0/s1. The molecule has 2 unspecified atom stereocenters. The number of carboxylic acid groups (broad SMARTS) is 1. The van der Waals surface area contributed by atoms with Crippen LogP contribution < -0.4 is 16.2 Å². The number of fused-ring (bicyclic) bond motifs is 1. The third-order valence-corrected chi connectivity index (χ3v) is 12.3. The van der Waals surface area contributed by atoms with Crippen LogP contribution >= 0.6 is 34.9 Å². The Morgan fingerprint density at radius 2 is 1.70 bits per heavy atom. The summed E-state index contributed by atoms with van der Waals surface area (Å²) in [6.45, 7) is 1.31. The highest BCUT2D eigenvalue weighted by Gasteiger charge is 2.54. The van der Waals surface area contributed by atoms with Gasteiger partial charge >= 0.3 is 5.97 Å². The molecule has 1 saturated heterocycles. The number of aromatic hydroxyl groups is 1. The van der Waals surface area contributed by atoms with Crippen LogP contribution in [0, 0.1) is 6.92 Å². The molecule has 7 N–H and O–H groups in total. The van der Waals surface area contributed by atoms with Gasteiger partial charge in [-0.15, -0.1) is 22.0 Å². The fourth-order valence-electron chi connectivity index (χ4n) is 5.96. The van der Waals surface area contributed by atoms with Crippen LogP contribution in [0.15, 0.2) is 81.1 Å². The molecule has 0 bridgehead atoms. The molecule has 4 heterocycles. The van der Waals surface area contributed by atoms with Crippen LogP contribution in [0.1, 0.15) is 37.3 Å². The number of benzene rings is 2. The molecular weight excluding hydrogens is 787 g/mol. The Balaban J connectivity index is 1.15. The number of phenols is 1. The van der Waals surface area contributed by atoms with E-state index < -0.39 is 52.6 Å². The maximum atomic E-state index is 13.8. The molecule has 4 amide bonds. The summed E-state index contributed by atoms with van der Waals surface area (Å²) in [6, 6.07) is 13.2. The number of thioether (sulfide) groups is 2. The average Bonchev–Trinajstić information content (AvgIpc) is 3.67. The lowest BCUT2D eigenvalue weighted by Gasteiger charge is -2.49. The number of carboxylic acids is 1. The van der Waals surface area contributed by atoms with E-state index in [0.29, 0.717) is 15.6 Å². The Hall–Kier alpha value is -5.54. The summed E-state index contributed by atoms with van der Waals surface area (Å²) in [4.78, 5) is 84.0. The zero-order valence-corrected chi connectivity index (χ0v) is 31.9. The number of aliphatic hydroxyl groups excluding tert-OH is 2. The van der Waals surface area contributed by atoms with Gasteiger partial charge in [-0.1, -0.05) is 65.1 Å². The number of aryl methyl sites for hydroxylation is 1. The van der Waals surface area contributed by atoms with Gasteiger partial charge in [0.2, 0.25) is 10.9 Å². The van der Waals surface area contributed by atoms with Crippen LogP contribution in [0.25, 0.3) is 11.3 Å². The van der Waals surface area contributed by atoms with Gasteiger partial charge in [-0.25, -0.2) is 4.79 Å². The highest BCUT2D eigenvalue weighted by Crippen LogP contribution is 2.42. The molecule has 0 saturated carbocycles. The van der Waals surface area contributed by atoms with Gasteiger partial charge in [0.05, 0.1) is 13.2 Å². The summed E-state index contributed by atoms with van der Waals surface area (Å²) in [5.41, 5.74) is 1.68. The molecule has 0 spiro atoms. The second kappa shape index (κ2) is 17.5. The molecule has 2 aliphatic rings. The number of aromatic amines is 1. The Morgan fingerprint density at radius 1 is 1.00 bits per heavy atom. The SMILES string of the molecule is Cc1ccc(-c2ccc(C(=O)NC(C(=O)NC3C(=O)N4C(C(=O)O)=C(CSc5nnc(C(=O)N(CCO)CCO)s5)CS[C@@H]34)c3ccc(O)cc3)c(=O)[nH]2)cc1. The number of hydrogen-bond donors (Lipinski definition) is 7. The lowest BCUT2D eigenvalue weighted by Crippen LogP contribution is -2.71. The predicted octanol–water partition coefficient (Wildman–Crippen LogP) is 1.34. The molecule has 2 aromatic carbocycles. The normalized spacial score (nSPS) is 16.8. The van der Waals surface area contributed by atoms with Crippen LogP contribution in [0.3, 0.4) is 0 Å². The van der Waals surface area contributed by atoms with Crippen LogP contribution in [0.2, 0.25) is 0 Å². The first-order valence-corrected chi connectivity index (χ1v) is 19.8. The first-order chi connectivity index (χ1) is 26.9. The van der Waals surface area contributed by atoms with E-state index >= 15 is 0 Å². The minimum atomic E-state index is -1.42. The number of amides is 4. The topological polar surface area (TPSA) is 255 Å². The van der Waals surface area contributed by atoms with Crippen LogP contribution in [-0.4, -0.2) is 124 Å². The summed E-state index contributed by atoms with van der Waals surface area (Å²) < 4.78 is 0.359. The lowest BCUT2D eigenvalue weighted by molar-refractivity contribution is -0.151. The Bertz CT molecular complexity index is 2240. The summed E-state index contributed by atoms with van der Waals surface area (Å²) in [7, 11) is 0. The van der Waals surface area contributed by atoms with Gasteiger partial charge < -0.3 is 40.9 Å². The number of hydrogen-bond acceptors (Lipinski definition) is 14. The number of pyridine rings is 1. The van der Waals surface area contributed by atoms with Crippen molar-refractivity contribution < 1.29 is 44.4 Å². The smallest absolute Gasteiger partial charge is 0.352 e. The Kier molecular flexibility index (Phi) is 12.5. The van der Waals surface area contributed by atoms with E-state index in [9.17, 15) is 49.2 Å². The van der Waals surface area contributed by atoms with Gasteiger partial charge in [0.25, 0.3) is 23.3 Å². The second-order valence-corrected chi connectivity index (χ2v) is 15.8. The van der Waals surface area contributed by atoms with Gasteiger partial charge in [0.1, 0.15) is 34.5 Å². The number of aromatic nitrogens is 3. The highest BCUT2D eigenvalue weighted by atomic mass is 32.2. The van der Waals surface area contributed by atoms with Crippen molar-refractivity contribution >= 4 is 64.5 Å². The average molecular weight is 822 g/mol. The summed E-state index contributed by atoms with van der Waals surface area (Å²) in [5, 5.41) is 50.8. The number of β-lactam (4-membered cyclic amide) rings is 1. The second-order valence-electron chi connectivity index (χ2n) is 12.5. The Labute approximate surface area is 330 Å². The van der Waals surface area contributed by atoms with Gasteiger partial charge in [0.15, 0.2) is 4.34 Å². The number of nitrogens with zero attached hydrogens (tertiary/aromatic N) is 4. The van der Waals surface area contributed by atoms with E-state index in [0.717, 1.165) is 39.1 Å². The fraction of sp³-hybridized carbons (Fsp3) is 0.278. The number of H-pyrrole nitrogens is 1. The van der Waals surface area contributed by atoms with E-state index in [1.165, 1.54) is 47.0 Å². The van der Waals surface area contributed by atoms with Crippen molar-refractivity contribution in [3.8, 4) is 17.0 Å². The monoisotopic (exact) mass is 821 g/mol. The van der Waals surface area contributed by atoms with E-state index in [-0.39, 0.29) is 65.4 Å². The van der Waals surface area contributed by atoms with E-state index in [1.54, 1.807) is 6.07 Å². The van der Waals surface area contributed by atoms with Crippen LogP contribution in [0.5, 0.6) is 5.75 Å². The summed E-state index contributed by atoms with van der Waals surface area (Å²) in [6.07, 6.45) is 0. The molecule has 0 aliphatic carbocycles. The van der Waals surface area contributed by atoms with Crippen molar-refractivity contribution in [3.63, 3.8) is 0 Å². The third-order valence-electron chi connectivity index (χ3n) is 8.81. The highest BCUT2D eigenvalue weighted by molar-refractivity contribution is 8.01.